The van der Waals surface area contributed by atoms with Crippen LogP contribution in [0.4, 0.5) is 0 Å². The summed E-state index contributed by atoms with van der Waals surface area (Å²) in [6.45, 7) is 30.3. The van der Waals surface area contributed by atoms with E-state index in [1.165, 1.54) is 4.90 Å². The summed E-state index contributed by atoms with van der Waals surface area (Å²) in [4.78, 5) is 60.3. The zero-order valence-electron chi connectivity index (χ0n) is 37.4. The van der Waals surface area contributed by atoms with E-state index in [-0.39, 0.29) is 36.7 Å². The van der Waals surface area contributed by atoms with Crippen molar-refractivity contribution in [3.8, 4) is 5.75 Å². The monoisotopic (exact) mass is 892 g/mol. The van der Waals surface area contributed by atoms with E-state index in [0.29, 0.717) is 39.6 Å². The van der Waals surface area contributed by atoms with Crippen LogP contribution in [0.1, 0.15) is 113 Å². The number of aromatic nitrogens is 1. The zero-order chi connectivity index (χ0) is 44.4. The van der Waals surface area contributed by atoms with Gasteiger partial charge < -0.3 is 29.7 Å². The number of rotatable bonds is 22. The summed E-state index contributed by atoms with van der Waals surface area (Å²) < 4.78 is 13.5. The molecule has 324 valence electrons. The van der Waals surface area contributed by atoms with Gasteiger partial charge in [-0.15, -0.1) is 13.2 Å². The van der Waals surface area contributed by atoms with E-state index in [1.807, 2.05) is 75.4 Å². The summed E-state index contributed by atoms with van der Waals surface area (Å²) in [5.74, 6) is -1.13. The molecule has 6 atom stereocenters. The van der Waals surface area contributed by atoms with Crippen LogP contribution >= 0.6 is 15.9 Å². The van der Waals surface area contributed by atoms with Crippen molar-refractivity contribution in [2.24, 2.45) is 11.8 Å². The Hall–Kier alpha value is -4.16. The molecule has 0 aliphatic heterocycles. The Morgan fingerprint density at radius 1 is 0.864 bits per heavy atom. The topological polar surface area (TPSA) is 130 Å². The molecule has 3 aromatic rings. The van der Waals surface area contributed by atoms with Gasteiger partial charge in [0.2, 0.25) is 17.7 Å². The van der Waals surface area contributed by atoms with Crippen LogP contribution in [-0.2, 0) is 30.3 Å². The number of hydrogen-bond donors (Lipinski definition) is 3. The van der Waals surface area contributed by atoms with Crippen LogP contribution < -0.4 is 15.1 Å². The Kier molecular flexibility index (Phi) is 18.3. The molecule has 0 spiro atoms. The fourth-order valence-electron chi connectivity index (χ4n) is 8.41. The van der Waals surface area contributed by atoms with Crippen LogP contribution in [0.25, 0.3) is 10.9 Å². The number of para-hydroxylation sites is 1. The summed E-state index contributed by atoms with van der Waals surface area (Å²) in [5.41, 5.74) is 4.36. The summed E-state index contributed by atoms with van der Waals surface area (Å²) in [6, 6.07) is 12.6. The standard InChI is InChI=1S/C47H69BrN4O6Si/c1-15-32(10)25-34(12)57-43(53)27-41(36-20-22-37(23-21-36)58-59(29(4)5,30(6)7)31(8)9)51-46(55)42(26-39-38-18-16-17-19-40(38)50-44(39)48)52(14)47(56)35(13)49-45(54)33(11)24-28(2)3/h15-23,29-35,41-42,50H,1-2,24-27H2,3-14H3,(H,49,54)(H,51,55)/t32-,33-,34-,35-,41+,42+/m0/s1. The highest BCUT2D eigenvalue weighted by atomic mass is 79.9. The number of H-pyrrole nitrogens is 1. The maximum Gasteiger partial charge on any atom is 0.308 e. The van der Waals surface area contributed by atoms with E-state index in [2.05, 4.69) is 86.2 Å². The molecule has 12 heteroatoms. The van der Waals surface area contributed by atoms with Gasteiger partial charge in [0, 0.05) is 30.3 Å². The minimum Gasteiger partial charge on any atom is -0.543 e. The first kappa shape index (κ1) is 49.2. The Balaban J connectivity index is 2.05. The number of carbonyl (C=O) groups is 4. The molecule has 2 aromatic carbocycles. The van der Waals surface area contributed by atoms with Crippen molar-refractivity contribution < 1.29 is 28.3 Å². The summed E-state index contributed by atoms with van der Waals surface area (Å²) in [7, 11) is -0.682. The van der Waals surface area contributed by atoms with E-state index >= 15 is 0 Å². The molecule has 0 unspecified atom stereocenters. The quantitative estimate of drug-likeness (QED) is 0.0523. The lowest BCUT2D eigenvalue weighted by atomic mass is 9.99. The molecule has 3 amide bonds. The lowest BCUT2D eigenvalue weighted by Gasteiger charge is -2.42. The largest absolute Gasteiger partial charge is 0.543 e. The molecular weight excluding hydrogens is 825 g/mol. The molecule has 1 aromatic heterocycles. The predicted octanol–water partition coefficient (Wildman–Crippen LogP) is 10.4. The number of ether oxygens (including phenoxy) is 1. The van der Waals surface area contributed by atoms with Crippen LogP contribution in [0.5, 0.6) is 5.75 Å². The molecule has 1 heterocycles. The number of amides is 3. The number of carbonyl (C=O) groups excluding carboxylic acids is 4. The Bertz CT molecular complexity index is 1900. The van der Waals surface area contributed by atoms with Crippen LogP contribution in [0.2, 0.25) is 16.6 Å². The zero-order valence-corrected chi connectivity index (χ0v) is 40.0. The highest BCUT2D eigenvalue weighted by Crippen LogP contribution is 2.43. The van der Waals surface area contributed by atoms with E-state index < -0.39 is 44.2 Å². The molecule has 0 radical (unpaired) electrons. The van der Waals surface area contributed by atoms with Gasteiger partial charge in [-0.3, -0.25) is 19.2 Å². The van der Waals surface area contributed by atoms with Crippen molar-refractivity contribution in [3.63, 3.8) is 0 Å². The number of nitrogens with one attached hydrogen (secondary N) is 3. The summed E-state index contributed by atoms with van der Waals surface area (Å²) in [6.07, 6.45) is 2.55. The Morgan fingerprint density at radius 3 is 2.02 bits per heavy atom. The lowest BCUT2D eigenvalue weighted by Crippen LogP contribution is -2.55. The van der Waals surface area contributed by atoms with Gasteiger partial charge in [0.1, 0.15) is 17.8 Å². The number of benzene rings is 2. The molecule has 3 rings (SSSR count). The Labute approximate surface area is 362 Å². The molecule has 0 bridgehead atoms. The van der Waals surface area contributed by atoms with Gasteiger partial charge in [-0.05, 0) is 101 Å². The second kappa shape index (κ2) is 21.9. The average Bonchev–Trinajstić information content (AvgIpc) is 3.48. The highest BCUT2D eigenvalue weighted by Gasteiger charge is 2.47. The molecule has 0 aliphatic rings. The fourth-order valence-corrected chi connectivity index (χ4v) is 14.3. The normalized spacial score (nSPS) is 14.9. The third-order valence-corrected chi connectivity index (χ3v) is 18.2. The number of nitrogens with zero attached hydrogens (tertiary/aromatic N) is 1. The first-order chi connectivity index (χ1) is 27.6. The number of halogens is 1. The van der Waals surface area contributed by atoms with Crippen LogP contribution in [0, 0.1) is 11.8 Å². The van der Waals surface area contributed by atoms with Crippen LogP contribution in [0.15, 0.2) is 77.9 Å². The number of likely N-dealkylation sites (N-methyl/N-ethyl adjacent to an activating group) is 1. The van der Waals surface area contributed by atoms with Crippen molar-refractivity contribution in [3.05, 3.63) is 89.1 Å². The Morgan fingerprint density at radius 2 is 1.46 bits per heavy atom. The molecule has 3 N–H and O–H groups in total. The third kappa shape index (κ3) is 12.9. The molecule has 59 heavy (non-hydrogen) atoms. The van der Waals surface area contributed by atoms with Gasteiger partial charge in [0.05, 0.1) is 23.2 Å². The summed E-state index contributed by atoms with van der Waals surface area (Å²) in [5, 5.41) is 6.88. The number of allylic oxidation sites excluding steroid dienone is 2. The van der Waals surface area contributed by atoms with Gasteiger partial charge in [-0.1, -0.05) is 97.4 Å². The van der Waals surface area contributed by atoms with E-state index in [0.717, 1.165) is 27.8 Å². The van der Waals surface area contributed by atoms with Crippen molar-refractivity contribution in [1.29, 1.82) is 0 Å². The number of hydrogen-bond acceptors (Lipinski definition) is 6. The molecule has 0 fully saturated rings. The van der Waals surface area contributed by atoms with Gasteiger partial charge in [-0.2, -0.15) is 0 Å². The molecule has 0 aliphatic carbocycles. The second-order valence-electron chi connectivity index (χ2n) is 17.4. The molecule has 10 nitrogen and oxygen atoms in total. The SMILES string of the molecule is C=C[C@H](C)C[C@H](C)OC(=O)C[C@@H](NC(=O)[C@@H](Cc1c(Br)[nH]c2ccccc12)N(C)C(=O)[C@H](C)NC(=O)[C@@H](C)CC(=C)C)c1ccc(O[Si](C(C)C)(C(C)C)C(C)C)cc1. The minimum absolute atomic E-state index is 0.137. The molecule has 0 saturated carbocycles. The summed E-state index contributed by atoms with van der Waals surface area (Å²) >= 11 is 3.66. The fraction of sp³-hybridized carbons (Fsp3) is 0.532. The lowest BCUT2D eigenvalue weighted by molar-refractivity contribution is -0.149. The minimum atomic E-state index is -2.25. The maximum atomic E-state index is 14.8. The molecule has 0 saturated heterocycles. The van der Waals surface area contributed by atoms with Crippen molar-refractivity contribution in [1.82, 2.24) is 20.5 Å². The third-order valence-electron chi connectivity index (χ3n) is 11.5. The molecular formula is C47H69BrN4O6Si. The second-order valence-corrected chi connectivity index (χ2v) is 23.6. The van der Waals surface area contributed by atoms with Crippen molar-refractivity contribution in [2.45, 2.75) is 143 Å². The van der Waals surface area contributed by atoms with Crippen LogP contribution in [0.3, 0.4) is 0 Å². The smallest absolute Gasteiger partial charge is 0.308 e. The number of fused-ring (bicyclic) bond motifs is 1. The predicted molar refractivity (Wildman–Crippen MR) is 246 cm³/mol. The van der Waals surface area contributed by atoms with E-state index in [4.69, 9.17) is 9.16 Å². The van der Waals surface area contributed by atoms with Crippen molar-refractivity contribution in [2.75, 3.05) is 7.05 Å². The average molecular weight is 894 g/mol. The van der Waals surface area contributed by atoms with Gasteiger partial charge >= 0.3 is 5.97 Å². The van der Waals surface area contributed by atoms with Gasteiger partial charge in [0.25, 0.3) is 8.32 Å². The maximum absolute atomic E-state index is 14.8. The van der Waals surface area contributed by atoms with Crippen molar-refractivity contribution >= 4 is 58.8 Å². The first-order valence-electron chi connectivity index (χ1n) is 21.0. The first-order valence-corrected chi connectivity index (χ1v) is 23.9. The van der Waals surface area contributed by atoms with Gasteiger partial charge in [-0.25, -0.2) is 0 Å². The highest BCUT2D eigenvalue weighted by molar-refractivity contribution is 9.10. The number of aromatic amines is 1. The van der Waals surface area contributed by atoms with Crippen LogP contribution in [-0.4, -0.2) is 67.1 Å². The van der Waals surface area contributed by atoms with Gasteiger partial charge in [0.15, 0.2) is 0 Å². The number of esters is 1. The van der Waals surface area contributed by atoms with E-state index in [9.17, 15) is 19.2 Å². The van der Waals surface area contributed by atoms with E-state index in [1.54, 1.807) is 20.9 Å².